The standard InChI is InChI=1S/C14H17NO/c1-10-4-6-12(7-5-10)13-8-9-14(16)15(3)11(13)2/h4-7,13H,2,8-9H2,1,3H3. The van der Waals surface area contributed by atoms with Crippen LogP contribution in [0.25, 0.3) is 0 Å². The third kappa shape index (κ3) is 1.87. The third-order valence-electron chi connectivity index (χ3n) is 3.33. The number of carbonyl (C=O) groups excluding carboxylic acids is 1. The predicted molar refractivity (Wildman–Crippen MR) is 65.1 cm³/mol. The Balaban J connectivity index is 2.25. The van der Waals surface area contributed by atoms with Gasteiger partial charge in [-0.2, -0.15) is 0 Å². The molecule has 0 aliphatic carbocycles. The summed E-state index contributed by atoms with van der Waals surface area (Å²) in [4.78, 5) is 13.2. The highest BCUT2D eigenvalue weighted by Gasteiger charge is 2.27. The molecule has 84 valence electrons. The van der Waals surface area contributed by atoms with E-state index in [9.17, 15) is 4.79 Å². The first kappa shape index (κ1) is 10.9. The molecule has 0 bridgehead atoms. The van der Waals surface area contributed by atoms with Crippen LogP contribution in [-0.4, -0.2) is 17.9 Å². The zero-order valence-corrected chi connectivity index (χ0v) is 9.86. The molecule has 0 saturated carbocycles. The van der Waals surface area contributed by atoms with Gasteiger partial charge in [-0.1, -0.05) is 36.4 Å². The van der Waals surface area contributed by atoms with Crippen LogP contribution in [-0.2, 0) is 4.79 Å². The molecule has 2 nitrogen and oxygen atoms in total. The SMILES string of the molecule is C=C1C(c2ccc(C)cc2)CCC(=O)N1C. The Labute approximate surface area is 96.6 Å². The smallest absolute Gasteiger partial charge is 0.226 e. The molecule has 1 amide bonds. The summed E-state index contributed by atoms with van der Waals surface area (Å²) in [6.45, 7) is 6.11. The summed E-state index contributed by atoms with van der Waals surface area (Å²) in [6.07, 6.45) is 1.50. The number of amides is 1. The number of piperidine rings is 1. The van der Waals surface area contributed by atoms with E-state index in [0.29, 0.717) is 12.3 Å². The van der Waals surface area contributed by atoms with E-state index in [1.807, 2.05) is 7.05 Å². The minimum atomic E-state index is 0.174. The zero-order valence-electron chi connectivity index (χ0n) is 9.86. The van der Waals surface area contributed by atoms with Crippen molar-refractivity contribution in [3.63, 3.8) is 0 Å². The van der Waals surface area contributed by atoms with Crippen LogP contribution in [0.4, 0.5) is 0 Å². The fourth-order valence-corrected chi connectivity index (χ4v) is 2.15. The van der Waals surface area contributed by atoms with Gasteiger partial charge in [0.05, 0.1) is 0 Å². The molecule has 1 fully saturated rings. The van der Waals surface area contributed by atoms with Crippen LogP contribution in [0.2, 0.25) is 0 Å². The first-order valence-corrected chi connectivity index (χ1v) is 5.61. The Hall–Kier alpha value is -1.57. The Bertz CT molecular complexity index is 419. The van der Waals surface area contributed by atoms with E-state index < -0.39 is 0 Å². The van der Waals surface area contributed by atoms with Crippen molar-refractivity contribution in [1.82, 2.24) is 4.90 Å². The largest absolute Gasteiger partial charge is 0.319 e. The van der Waals surface area contributed by atoms with E-state index in [1.54, 1.807) is 4.90 Å². The van der Waals surface area contributed by atoms with Crippen LogP contribution in [0.1, 0.15) is 29.9 Å². The monoisotopic (exact) mass is 215 g/mol. The Morgan fingerprint density at radius 2 is 1.94 bits per heavy atom. The van der Waals surface area contributed by atoms with Crippen molar-refractivity contribution in [2.45, 2.75) is 25.7 Å². The van der Waals surface area contributed by atoms with E-state index in [4.69, 9.17) is 0 Å². The Kier molecular flexibility index (Phi) is 2.82. The number of hydrogen-bond donors (Lipinski definition) is 0. The maximum absolute atomic E-state index is 11.5. The normalized spacial score (nSPS) is 21.4. The molecular weight excluding hydrogens is 198 g/mol. The number of likely N-dealkylation sites (tertiary alicyclic amines) is 1. The lowest BCUT2D eigenvalue weighted by atomic mass is 9.87. The Morgan fingerprint density at radius 1 is 1.31 bits per heavy atom. The molecule has 2 rings (SSSR count). The molecule has 2 heteroatoms. The topological polar surface area (TPSA) is 20.3 Å². The van der Waals surface area contributed by atoms with E-state index in [-0.39, 0.29) is 5.91 Å². The fraction of sp³-hybridized carbons (Fsp3) is 0.357. The number of benzene rings is 1. The number of allylic oxidation sites excluding steroid dienone is 1. The second-order valence-electron chi connectivity index (χ2n) is 4.45. The lowest BCUT2D eigenvalue weighted by Crippen LogP contribution is -2.33. The molecule has 1 heterocycles. The van der Waals surface area contributed by atoms with Gasteiger partial charge in [0.2, 0.25) is 5.91 Å². The fourth-order valence-electron chi connectivity index (χ4n) is 2.15. The molecule has 1 aliphatic heterocycles. The summed E-state index contributed by atoms with van der Waals surface area (Å²) in [6, 6.07) is 8.49. The lowest BCUT2D eigenvalue weighted by Gasteiger charge is -2.32. The van der Waals surface area contributed by atoms with Crippen LogP contribution in [0.5, 0.6) is 0 Å². The van der Waals surface area contributed by atoms with Gasteiger partial charge in [0.25, 0.3) is 0 Å². The van der Waals surface area contributed by atoms with Gasteiger partial charge >= 0.3 is 0 Å². The second kappa shape index (κ2) is 4.12. The highest BCUT2D eigenvalue weighted by Crippen LogP contribution is 2.34. The lowest BCUT2D eigenvalue weighted by molar-refractivity contribution is -0.129. The highest BCUT2D eigenvalue weighted by molar-refractivity contribution is 5.79. The molecule has 0 radical (unpaired) electrons. The van der Waals surface area contributed by atoms with Crippen molar-refractivity contribution in [3.8, 4) is 0 Å². The van der Waals surface area contributed by atoms with E-state index in [1.165, 1.54) is 11.1 Å². The summed E-state index contributed by atoms with van der Waals surface area (Å²) >= 11 is 0. The van der Waals surface area contributed by atoms with Crippen molar-refractivity contribution in [3.05, 3.63) is 47.7 Å². The molecule has 16 heavy (non-hydrogen) atoms. The van der Waals surface area contributed by atoms with Gasteiger partial charge in [-0.3, -0.25) is 4.79 Å². The number of nitrogens with zero attached hydrogens (tertiary/aromatic N) is 1. The molecule has 0 aromatic heterocycles. The molecule has 0 N–H and O–H groups in total. The van der Waals surface area contributed by atoms with Crippen LogP contribution in [0.15, 0.2) is 36.5 Å². The number of likely N-dealkylation sites (N-methyl/N-ethyl adjacent to an activating group) is 1. The summed E-state index contributed by atoms with van der Waals surface area (Å²) in [5, 5.41) is 0. The highest BCUT2D eigenvalue weighted by atomic mass is 16.2. The maximum Gasteiger partial charge on any atom is 0.226 e. The average Bonchev–Trinajstić information content (AvgIpc) is 2.28. The summed E-state index contributed by atoms with van der Waals surface area (Å²) in [5.74, 6) is 0.469. The minimum absolute atomic E-state index is 0.174. The van der Waals surface area contributed by atoms with Crippen LogP contribution < -0.4 is 0 Å². The van der Waals surface area contributed by atoms with Crippen molar-refractivity contribution in [2.24, 2.45) is 0 Å². The van der Waals surface area contributed by atoms with Gasteiger partial charge in [-0.15, -0.1) is 0 Å². The van der Waals surface area contributed by atoms with Crippen LogP contribution >= 0.6 is 0 Å². The number of carbonyl (C=O) groups is 1. The molecule has 1 aromatic rings. The number of rotatable bonds is 1. The van der Waals surface area contributed by atoms with Gasteiger partial charge in [0.1, 0.15) is 0 Å². The minimum Gasteiger partial charge on any atom is -0.319 e. The molecule has 1 atom stereocenters. The molecule has 0 spiro atoms. The van der Waals surface area contributed by atoms with Crippen molar-refractivity contribution >= 4 is 5.91 Å². The molecule has 1 saturated heterocycles. The quantitative estimate of drug-likeness (QED) is 0.705. The summed E-state index contributed by atoms with van der Waals surface area (Å²) in [5.41, 5.74) is 3.43. The van der Waals surface area contributed by atoms with Gasteiger partial charge < -0.3 is 4.90 Å². The van der Waals surface area contributed by atoms with E-state index >= 15 is 0 Å². The molecule has 1 unspecified atom stereocenters. The molecule has 1 aromatic carbocycles. The van der Waals surface area contributed by atoms with Crippen molar-refractivity contribution in [1.29, 1.82) is 0 Å². The van der Waals surface area contributed by atoms with Crippen molar-refractivity contribution < 1.29 is 4.79 Å². The van der Waals surface area contributed by atoms with E-state index in [0.717, 1.165) is 12.1 Å². The van der Waals surface area contributed by atoms with Gasteiger partial charge in [-0.25, -0.2) is 0 Å². The zero-order chi connectivity index (χ0) is 11.7. The van der Waals surface area contributed by atoms with Crippen LogP contribution in [0, 0.1) is 6.92 Å². The second-order valence-corrected chi connectivity index (χ2v) is 4.45. The average molecular weight is 215 g/mol. The maximum atomic E-state index is 11.5. The Morgan fingerprint density at radius 3 is 2.56 bits per heavy atom. The molecular formula is C14H17NO. The van der Waals surface area contributed by atoms with Crippen molar-refractivity contribution in [2.75, 3.05) is 7.05 Å². The molecule has 1 aliphatic rings. The summed E-state index contributed by atoms with van der Waals surface area (Å²) in [7, 11) is 1.81. The predicted octanol–water partition coefficient (Wildman–Crippen LogP) is 2.84. The van der Waals surface area contributed by atoms with Gasteiger partial charge in [-0.05, 0) is 18.9 Å². The number of hydrogen-bond acceptors (Lipinski definition) is 1. The first-order valence-electron chi connectivity index (χ1n) is 5.61. The van der Waals surface area contributed by atoms with Gasteiger partial charge in [0, 0.05) is 25.1 Å². The number of aryl methyl sites for hydroxylation is 1. The summed E-state index contributed by atoms with van der Waals surface area (Å²) < 4.78 is 0. The first-order chi connectivity index (χ1) is 7.59. The van der Waals surface area contributed by atoms with Gasteiger partial charge in [0.15, 0.2) is 0 Å². The van der Waals surface area contributed by atoms with E-state index in [2.05, 4.69) is 37.8 Å². The third-order valence-corrected chi connectivity index (χ3v) is 3.33. The van der Waals surface area contributed by atoms with Crippen LogP contribution in [0.3, 0.4) is 0 Å².